The van der Waals surface area contributed by atoms with E-state index in [2.05, 4.69) is 133 Å². The van der Waals surface area contributed by atoms with Gasteiger partial charge in [-0.3, -0.25) is 0 Å². The average Bonchev–Trinajstić information content (AvgIpc) is 3.35. The second-order valence-corrected chi connectivity index (χ2v) is 13.9. The number of aromatic hydroxyl groups is 3. The highest BCUT2D eigenvalue weighted by Gasteiger charge is 2.02. The van der Waals surface area contributed by atoms with E-state index in [1.807, 2.05) is 52.9 Å². The minimum Gasteiger partial charge on any atom is -0.508 e. The topological polar surface area (TPSA) is 123 Å². The number of nitrogens with one attached hydrogen (secondary N) is 2. The standard InChI is InChI=1S/2C14H16.C6H10N4.3C6H6O.C3H9N.C2H6/c2*1-3-11-7-5-10-14-12(4-2)8-6-9-13(11)14;1-3-7-6-9-4-8-5(2)10-6;3*7-6-4-2-1-3-5-6;1-3-4-2;1-2/h2*5-10H,3-4H2,1-2H3;4H,3H2,1-2H3,(H,7,8,9,10);3*1-5,7H;4H,3H2,1-2H3;1-2H3. The molecule has 1 heterocycles. The van der Waals surface area contributed by atoms with Gasteiger partial charge >= 0.3 is 0 Å². The summed E-state index contributed by atoms with van der Waals surface area (Å²) >= 11 is 0. The number of benzene rings is 7. The summed E-state index contributed by atoms with van der Waals surface area (Å²) in [7, 11) is 1.93. The van der Waals surface area contributed by atoms with Crippen molar-refractivity contribution in [1.82, 2.24) is 20.3 Å². The van der Waals surface area contributed by atoms with Crippen LogP contribution < -0.4 is 10.6 Å². The van der Waals surface area contributed by atoms with Gasteiger partial charge in [-0.15, -0.1) is 0 Å². The molecule has 8 nitrogen and oxygen atoms in total. The molecule has 1 aromatic heterocycles. The molecule has 0 aliphatic carbocycles. The molecule has 346 valence electrons. The van der Waals surface area contributed by atoms with Crippen LogP contribution in [0.1, 0.15) is 83.5 Å². The minimum absolute atomic E-state index is 0.322. The second kappa shape index (κ2) is 35.7. The van der Waals surface area contributed by atoms with Gasteiger partial charge in [0.25, 0.3) is 0 Å². The summed E-state index contributed by atoms with van der Waals surface area (Å²) in [4.78, 5) is 11.8. The third-order valence-corrected chi connectivity index (χ3v) is 9.38. The van der Waals surface area contributed by atoms with Crippen LogP contribution in [0.4, 0.5) is 5.95 Å². The molecule has 0 amide bonds. The molecule has 65 heavy (non-hydrogen) atoms. The lowest BCUT2D eigenvalue weighted by atomic mass is 9.98. The van der Waals surface area contributed by atoms with Gasteiger partial charge < -0.3 is 26.0 Å². The Morgan fingerprint density at radius 2 is 0.692 bits per heavy atom. The Morgan fingerprint density at radius 1 is 0.400 bits per heavy atom. The quantitative estimate of drug-likeness (QED) is 0.107. The Labute approximate surface area is 390 Å². The molecule has 7 aromatic carbocycles. The molecule has 0 radical (unpaired) electrons. The van der Waals surface area contributed by atoms with Crippen molar-refractivity contribution in [1.29, 1.82) is 0 Å². The molecule has 0 unspecified atom stereocenters. The number of rotatable bonds is 7. The third kappa shape index (κ3) is 22.9. The lowest BCUT2D eigenvalue weighted by Gasteiger charge is -2.07. The van der Waals surface area contributed by atoms with Crippen LogP contribution in [0.2, 0.25) is 0 Å². The van der Waals surface area contributed by atoms with E-state index >= 15 is 0 Å². The fourth-order valence-corrected chi connectivity index (χ4v) is 6.02. The Bertz CT molecular complexity index is 2110. The minimum atomic E-state index is 0.322. The molecule has 0 saturated carbocycles. The Hall–Kier alpha value is -6.77. The fraction of sp³-hybridized carbons (Fsp3) is 0.281. The molecule has 0 aliphatic rings. The highest BCUT2D eigenvalue weighted by Crippen LogP contribution is 2.24. The largest absolute Gasteiger partial charge is 0.508 e. The van der Waals surface area contributed by atoms with Crippen LogP contribution in [0.5, 0.6) is 17.2 Å². The first-order valence-electron chi connectivity index (χ1n) is 22.9. The Kier molecular flexibility index (Phi) is 30.9. The number of para-hydroxylation sites is 3. The predicted molar refractivity (Wildman–Crippen MR) is 279 cm³/mol. The molecule has 0 bridgehead atoms. The van der Waals surface area contributed by atoms with Crippen molar-refractivity contribution < 1.29 is 15.3 Å². The Balaban J connectivity index is 0.000000389. The number of anilines is 1. The van der Waals surface area contributed by atoms with E-state index in [0.717, 1.165) is 44.6 Å². The number of fused-ring (bicyclic) bond motifs is 2. The summed E-state index contributed by atoms with van der Waals surface area (Å²) in [5.41, 5.74) is 5.83. The summed E-state index contributed by atoms with van der Waals surface area (Å²) < 4.78 is 0. The van der Waals surface area contributed by atoms with Gasteiger partial charge in [0.05, 0.1) is 0 Å². The van der Waals surface area contributed by atoms with Crippen molar-refractivity contribution >= 4 is 27.5 Å². The third-order valence-electron chi connectivity index (χ3n) is 9.38. The van der Waals surface area contributed by atoms with Crippen molar-refractivity contribution in [2.75, 3.05) is 25.5 Å². The molecule has 8 aromatic rings. The lowest BCUT2D eigenvalue weighted by molar-refractivity contribution is 0.475. The van der Waals surface area contributed by atoms with Gasteiger partial charge in [0.2, 0.25) is 5.95 Å². The summed E-state index contributed by atoms with van der Waals surface area (Å²) in [6.07, 6.45) is 5.96. The fourth-order valence-electron chi connectivity index (χ4n) is 6.02. The summed E-state index contributed by atoms with van der Waals surface area (Å²) in [6, 6.07) is 52.6. The summed E-state index contributed by atoms with van der Waals surface area (Å²) in [6.45, 7) is 20.7. The first-order valence-corrected chi connectivity index (χ1v) is 22.9. The molecular formula is C57H75N5O3. The van der Waals surface area contributed by atoms with Crippen molar-refractivity contribution in [3.05, 3.63) is 198 Å². The molecule has 0 spiro atoms. The van der Waals surface area contributed by atoms with Crippen LogP contribution in [0.25, 0.3) is 21.5 Å². The van der Waals surface area contributed by atoms with Crippen LogP contribution in [0, 0.1) is 6.92 Å². The van der Waals surface area contributed by atoms with Crippen LogP contribution in [-0.2, 0) is 25.7 Å². The number of phenols is 3. The van der Waals surface area contributed by atoms with E-state index in [0.29, 0.717) is 23.2 Å². The van der Waals surface area contributed by atoms with Crippen molar-refractivity contribution in [2.45, 2.75) is 88.0 Å². The van der Waals surface area contributed by atoms with Gasteiger partial charge in [0.15, 0.2) is 0 Å². The number of phenolic OH excluding ortho intramolecular Hbond substituents is 3. The molecule has 0 saturated heterocycles. The molecule has 0 atom stereocenters. The van der Waals surface area contributed by atoms with E-state index < -0.39 is 0 Å². The van der Waals surface area contributed by atoms with Gasteiger partial charge in [-0.25, -0.2) is 9.97 Å². The molecule has 5 N–H and O–H groups in total. The maximum Gasteiger partial charge on any atom is 0.225 e. The Morgan fingerprint density at radius 3 is 0.892 bits per heavy atom. The zero-order valence-corrected chi connectivity index (χ0v) is 40.6. The molecule has 0 fully saturated rings. The molecule has 0 aliphatic heterocycles. The predicted octanol–water partition coefficient (Wildman–Crippen LogP) is 14.0. The zero-order valence-electron chi connectivity index (χ0n) is 40.6. The SMILES string of the molecule is CC.CCNC.CCNc1ncnc(C)n1.CCc1cccc2c(CC)cccc12.CCc1cccc2c(CC)cccc12.Oc1ccccc1.Oc1ccccc1.Oc1ccccc1. The second-order valence-electron chi connectivity index (χ2n) is 13.9. The van der Waals surface area contributed by atoms with Gasteiger partial charge in [-0.2, -0.15) is 4.98 Å². The number of aromatic nitrogens is 3. The van der Waals surface area contributed by atoms with Crippen molar-refractivity contribution in [3.8, 4) is 17.2 Å². The highest BCUT2D eigenvalue weighted by molar-refractivity contribution is 5.89. The number of hydrogen-bond acceptors (Lipinski definition) is 8. The molecular weight excluding hydrogens is 803 g/mol. The van der Waals surface area contributed by atoms with Gasteiger partial charge in [0, 0.05) is 6.54 Å². The van der Waals surface area contributed by atoms with Crippen molar-refractivity contribution in [3.63, 3.8) is 0 Å². The number of aryl methyl sites for hydroxylation is 5. The molecule has 8 rings (SSSR count). The van der Waals surface area contributed by atoms with E-state index in [1.165, 1.54) is 50.1 Å². The van der Waals surface area contributed by atoms with Gasteiger partial charge in [0.1, 0.15) is 29.4 Å². The summed E-state index contributed by atoms with van der Waals surface area (Å²) in [5, 5.41) is 37.5. The number of hydrogen-bond donors (Lipinski definition) is 5. The lowest BCUT2D eigenvalue weighted by Crippen LogP contribution is -2.03. The first-order chi connectivity index (χ1) is 31.6. The van der Waals surface area contributed by atoms with E-state index in [-0.39, 0.29) is 0 Å². The van der Waals surface area contributed by atoms with E-state index in [9.17, 15) is 0 Å². The zero-order chi connectivity index (χ0) is 48.1. The smallest absolute Gasteiger partial charge is 0.225 e. The number of nitrogens with zero attached hydrogens (tertiary/aromatic N) is 3. The van der Waals surface area contributed by atoms with E-state index in [4.69, 9.17) is 15.3 Å². The average molecular weight is 878 g/mol. The van der Waals surface area contributed by atoms with Crippen molar-refractivity contribution in [2.24, 2.45) is 0 Å². The normalized spacial score (nSPS) is 9.38. The van der Waals surface area contributed by atoms with Crippen LogP contribution in [0.15, 0.2) is 170 Å². The van der Waals surface area contributed by atoms with Crippen LogP contribution in [-0.4, -0.2) is 50.4 Å². The maximum absolute atomic E-state index is 8.63. The van der Waals surface area contributed by atoms with E-state index in [1.54, 1.807) is 72.8 Å². The summed E-state index contributed by atoms with van der Waals surface area (Å²) in [5.74, 6) is 2.36. The van der Waals surface area contributed by atoms with Crippen LogP contribution >= 0.6 is 0 Å². The maximum atomic E-state index is 8.63. The first kappa shape index (κ1) is 56.2. The highest BCUT2D eigenvalue weighted by atomic mass is 16.3. The molecule has 8 heteroatoms. The monoisotopic (exact) mass is 878 g/mol. The van der Waals surface area contributed by atoms with Gasteiger partial charge in [-0.1, -0.05) is 176 Å². The van der Waals surface area contributed by atoms with Gasteiger partial charge in [-0.05, 0) is 133 Å². The van der Waals surface area contributed by atoms with Crippen LogP contribution in [0.3, 0.4) is 0 Å².